The van der Waals surface area contributed by atoms with Crippen LogP contribution >= 0.6 is 0 Å². The van der Waals surface area contributed by atoms with Crippen molar-refractivity contribution < 1.29 is 74.4 Å². The SMILES string of the molecule is CC1O[C@@H](Oc2c(-c3ccc(O)cc3)oc3c(O[C@@H]4OC(CO)[C@@H](O)[C@H](O)C4O)c(O)cc(O)c3c2=O)[C@@H](O)C(O)[C@H]1O. The van der Waals surface area contributed by atoms with E-state index in [0.717, 1.165) is 0 Å². The first-order valence-electron chi connectivity index (χ1n) is 13.0. The van der Waals surface area contributed by atoms with E-state index in [1.54, 1.807) is 0 Å². The molecule has 10 N–H and O–H groups in total. The number of phenols is 3. The van der Waals surface area contributed by atoms with E-state index >= 15 is 0 Å². The van der Waals surface area contributed by atoms with E-state index in [2.05, 4.69) is 0 Å². The molecule has 2 aromatic carbocycles. The number of hydrogen-bond donors (Lipinski definition) is 10. The summed E-state index contributed by atoms with van der Waals surface area (Å²) in [5.74, 6) is -3.51. The predicted molar refractivity (Wildman–Crippen MR) is 140 cm³/mol. The van der Waals surface area contributed by atoms with E-state index in [4.69, 9.17) is 23.4 Å². The Morgan fingerprint density at radius 2 is 1.33 bits per heavy atom. The molecule has 0 amide bonds. The summed E-state index contributed by atoms with van der Waals surface area (Å²) < 4.78 is 27.9. The van der Waals surface area contributed by atoms with Crippen molar-refractivity contribution in [2.24, 2.45) is 0 Å². The van der Waals surface area contributed by atoms with Gasteiger partial charge in [-0.3, -0.25) is 4.79 Å². The third-order valence-corrected chi connectivity index (χ3v) is 7.29. The highest BCUT2D eigenvalue weighted by Gasteiger charge is 2.46. The van der Waals surface area contributed by atoms with Crippen molar-refractivity contribution in [3.63, 3.8) is 0 Å². The standard InChI is InChI=1S/C27H30O16/c1-8-15(32)18(35)20(37)26(39-8)43-25-17(34)14-11(30)6-12(31)23(24(14)41-22(25)9-2-4-10(29)5-3-9)42-27-21(38)19(36)16(33)13(7-28)40-27/h2-6,8,13,15-16,18-21,26-33,35-38H,7H2,1H3/t8?,13?,15-,16+,18?,19-,20-,21?,26-,27-/m0/s1. The number of benzene rings is 2. The second-order valence-electron chi connectivity index (χ2n) is 10.2. The molecule has 1 aromatic heterocycles. The molecular weight excluding hydrogens is 580 g/mol. The van der Waals surface area contributed by atoms with Gasteiger partial charge in [0.15, 0.2) is 17.1 Å². The molecule has 3 heterocycles. The van der Waals surface area contributed by atoms with Crippen LogP contribution in [0.1, 0.15) is 6.92 Å². The number of hydrogen-bond acceptors (Lipinski definition) is 16. The number of fused-ring (bicyclic) bond motifs is 1. The van der Waals surface area contributed by atoms with Crippen molar-refractivity contribution in [1.82, 2.24) is 0 Å². The lowest BCUT2D eigenvalue weighted by atomic mass is 9.99. The Labute approximate surface area is 241 Å². The van der Waals surface area contributed by atoms with Crippen molar-refractivity contribution in [2.45, 2.75) is 68.3 Å². The molecule has 0 spiro atoms. The number of aliphatic hydroxyl groups excluding tert-OH is 7. The Balaban J connectivity index is 1.67. The number of aromatic hydroxyl groups is 3. The van der Waals surface area contributed by atoms with Crippen LogP contribution in [0.2, 0.25) is 0 Å². The maximum Gasteiger partial charge on any atom is 0.239 e. The van der Waals surface area contributed by atoms with Gasteiger partial charge in [-0.2, -0.15) is 0 Å². The number of phenolic OH excluding ortho intramolecular Hbond substituents is 3. The largest absolute Gasteiger partial charge is 0.508 e. The fraction of sp³-hybridized carbons (Fsp3) is 0.444. The Morgan fingerprint density at radius 1 is 0.744 bits per heavy atom. The van der Waals surface area contributed by atoms with Crippen LogP contribution in [-0.2, 0) is 9.47 Å². The van der Waals surface area contributed by atoms with E-state index in [0.29, 0.717) is 6.07 Å². The normalized spacial score (nSPS) is 32.9. The van der Waals surface area contributed by atoms with Crippen LogP contribution < -0.4 is 14.9 Å². The first kappa shape index (κ1) is 30.7. The first-order chi connectivity index (χ1) is 20.3. The minimum atomic E-state index is -1.92. The Morgan fingerprint density at radius 3 is 1.95 bits per heavy atom. The molecule has 0 radical (unpaired) electrons. The van der Waals surface area contributed by atoms with Gasteiger partial charge in [-0.15, -0.1) is 0 Å². The molecule has 2 aliphatic rings. The maximum atomic E-state index is 13.9. The quantitative estimate of drug-likeness (QED) is 0.144. The Bertz CT molecular complexity index is 1520. The third-order valence-electron chi connectivity index (χ3n) is 7.29. The van der Waals surface area contributed by atoms with Gasteiger partial charge in [0.05, 0.1) is 12.7 Å². The Hall–Kier alpha value is -3.71. The highest BCUT2D eigenvalue weighted by molar-refractivity contribution is 5.93. The van der Waals surface area contributed by atoms with Crippen molar-refractivity contribution in [1.29, 1.82) is 0 Å². The number of aliphatic hydroxyl groups is 7. The molecule has 2 aliphatic heterocycles. The van der Waals surface area contributed by atoms with Crippen LogP contribution in [-0.4, -0.2) is 119 Å². The molecule has 3 aromatic rings. The average molecular weight is 611 g/mol. The van der Waals surface area contributed by atoms with E-state index in [1.165, 1.54) is 31.2 Å². The molecule has 16 nitrogen and oxygen atoms in total. The maximum absolute atomic E-state index is 13.9. The van der Waals surface area contributed by atoms with E-state index in [1.807, 2.05) is 0 Å². The summed E-state index contributed by atoms with van der Waals surface area (Å²) >= 11 is 0. The number of ether oxygens (including phenoxy) is 4. The summed E-state index contributed by atoms with van der Waals surface area (Å²) in [6.07, 6.45) is -16.5. The lowest BCUT2D eigenvalue weighted by molar-refractivity contribution is -0.277. The molecule has 43 heavy (non-hydrogen) atoms. The van der Waals surface area contributed by atoms with Crippen LogP contribution in [0.25, 0.3) is 22.3 Å². The van der Waals surface area contributed by atoms with E-state index in [-0.39, 0.29) is 11.3 Å². The molecule has 10 atom stereocenters. The smallest absolute Gasteiger partial charge is 0.239 e. The zero-order valence-corrected chi connectivity index (χ0v) is 22.3. The summed E-state index contributed by atoms with van der Waals surface area (Å²) in [6.45, 7) is 0.602. The van der Waals surface area contributed by atoms with Gasteiger partial charge in [-0.25, -0.2) is 0 Å². The van der Waals surface area contributed by atoms with Gasteiger partial charge in [0.1, 0.15) is 59.6 Å². The molecule has 0 bridgehead atoms. The van der Waals surface area contributed by atoms with Crippen molar-refractivity contribution in [2.75, 3.05) is 6.61 Å². The molecule has 4 unspecified atom stereocenters. The van der Waals surface area contributed by atoms with Gasteiger partial charge in [0.2, 0.25) is 29.5 Å². The molecule has 0 aliphatic carbocycles. The second kappa shape index (κ2) is 11.8. The monoisotopic (exact) mass is 610 g/mol. The van der Waals surface area contributed by atoms with Gasteiger partial charge in [-0.05, 0) is 31.2 Å². The van der Waals surface area contributed by atoms with E-state index < -0.39 is 113 Å². The zero-order valence-electron chi connectivity index (χ0n) is 22.3. The topological polar surface area (TPSA) is 269 Å². The highest BCUT2D eigenvalue weighted by Crippen LogP contribution is 2.44. The van der Waals surface area contributed by atoms with Crippen LogP contribution in [0.3, 0.4) is 0 Å². The fourth-order valence-electron chi connectivity index (χ4n) is 4.83. The van der Waals surface area contributed by atoms with Gasteiger partial charge < -0.3 is 74.4 Å². The molecule has 0 saturated carbocycles. The Kier molecular flexibility index (Phi) is 8.41. The minimum absolute atomic E-state index is 0.0901. The highest BCUT2D eigenvalue weighted by atomic mass is 16.7. The lowest BCUT2D eigenvalue weighted by Crippen LogP contribution is -2.60. The van der Waals surface area contributed by atoms with Crippen molar-refractivity contribution in [3.05, 3.63) is 40.6 Å². The molecule has 2 fully saturated rings. The fourth-order valence-corrected chi connectivity index (χ4v) is 4.83. The molecule has 2 saturated heterocycles. The molecule has 234 valence electrons. The van der Waals surface area contributed by atoms with Gasteiger partial charge in [0, 0.05) is 11.6 Å². The summed E-state index contributed by atoms with van der Waals surface area (Å²) in [5.41, 5.74) is -1.61. The molecule has 5 rings (SSSR count). The molecule has 16 heteroatoms. The second-order valence-corrected chi connectivity index (χ2v) is 10.2. The summed E-state index contributed by atoms with van der Waals surface area (Å²) in [7, 11) is 0. The minimum Gasteiger partial charge on any atom is -0.508 e. The van der Waals surface area contributed by atoms with Gasteiger partial charge in [-0.1, -0.05) is 0 Å². The third kappa shape index (κ3) is 5.44. The van der Waals surface area contributed by atoms with Crippen molar-refractivity contribution >= 4 is 11.0 Å². The summed E-state index contributed by atoms with van der Waals surface area (Å²) in [5, 5.41) is 101. The van der Waals surface area contributed by atoms with Crippen LogP contribution in [0.5, 0.6) is 28.7 Å². The van der Waals surface area contributed by atoms with Crippen LogP contribution in [0, 0.1) is 0 Å². The number of rotatable bonds is 6. The lowest BCUT2D eigenvalue weighted by Gasteiger charge is -2.39. The van der Waals surface area contributed by atoms with Crippen molar-refractivity contribution in [3.8, 4) is 40.1 Å². The van der Waals surface area contributed by atoms with Crippen LogP contribution in [0.15, 0.2) is 39.5 Å². The van der Waals surface area contributed by atoms with Crippen LogP contribution in [0.4, 0.5) is 0 Å². The van der Waals surface area contributed by atoms with Gasteiger partial charge in [0.25, 0.3) is 0 Å². The predicted octanol–water partition coefficient (Wildman–Crippen LogP) is -2.04. The summed E-state index contributed by atoms with van der Waals surface area (Å²) in [4.78, 5) is 13.9. The first-order valence-corrected chi connectivity index (χ1v) is 13.0. The van der Waals surface area contributed by atoms with E-state index in [9.17, 15) is 55.9 Å². The van der Waals surface area contributed by atoms with Gasteiger partial charge >= 0.3 is 0 Å². The molecular formula is C27H30O16. The zero-order chi connectivity index (χ0) is 31.3. The summed E-state index contributed by atoms with van der Waals surface area (Å²) in [6, 6.07) is 5.81. The average Bonchev–Trinajstić information content (AvgIpc) is 2.97.